The molecule has 14 heavy (non-hydrogen) atoms. The minimum Gasteiger partial charge on any atom is -0.472 e. The molecule has 0 bridgehead atoms. The van der Waals surface area contributed by atoms with Crippen molar-refractivity contribution >= 4 is 0 Å². The molecular formula is C11H14N2O. The van der Waals surface area contributed by atoms with E-state index < -0.39 is 0 Å². The van der Waals surface area contributed by atoms with E-state index in [4.69, 9.17) is 4.42 Å². The molecule has 0 amide bonds. The van der Waals surface area contributed by atoms with Crippen LogP contribution in [0.25, 0.3) is 0 Å². The molecule has 2 heterocycles. The fraction of sp³-hybridized carbons (Fsp3) is 0.364. The van der Waals surface area contributed by atoms with Gasteiger partial charge >= 0.3 is 0 Å². The first kappa shape index (κ1) is 9.06. The van der Waals surface area contributed by atoms with Gasteiger partial charge in [-0.1, -0.05) is 13.8 Å². The molecule has 0 aliphatic rings. The zero-order valence-corrected chi connectivity index (χ0v) is 8.47. The van der Waals surface area contributed by atoms with Gasteiger partial charge in [0, 0.05) is 23.9 Å². The van der Waals surface area contributed by atoms with Gasteiger partial charge in [0.1, 0.15) is 5.82 Å². The van der Waals surface area contributed by atoms with Crippen LogP contribution in [0.2, 0.25) is 0 Å². The lowest BCUT2D eigenvalue weighted by Crippen LogP contribution is -2.04. The fourth-order valence-electron chi connectivity index (χ4n) is 1.53. The molecule has 0 aliphatic heterocycles. The number of rotatable bonds is 3. The van der Waals surface area contributed by atoms with Crippen molar-refractivity contribution in [3.8, 4) is 0 Å². The second kappa shape index (κ2) is 3.70. The van der Waals surface area contributed by atoms with Crippen molar-refractivity contribution in [2.45, 2.75) is 26.3 Å². The standard InChI is InChI=1S/C11H14N2O/c1-9(2)11-12-4-5-13(11)7-10-3-6-14-8-10/h3-6,8-9H,7H2,1-2H3. The van der Waals surface area contributed by atoms with E-state index in [0.29, 0.717) is 5.92 Å². The maximum atomic E-state index is 5.03. The predicted molar refractivity (Wildman–Crippen MR) is 54.1 cm³/mol. The minimum atomic E-state index is 0.455. The molecule has 0 aromatic carbocycles. The number of furan rings is 1. The summed E-state index contributed by atoms with van der Waals surface area (Å²) in [6, 6.07) is 1.98. The molecule has 3 heteroatoms. The molecule has 0 saturated carbocycles. The van der Waals surface area contributed by atoms with E-state index in [-0.39, 0.29) is 0 Å². The third kappa shape index (κ3) is 1.71. The normalized spacial score (nSPS) is 11.1. The molecule has 2 aromatic heterocycles. The van der Waals surface area contributed by atoms with Gasteiger partial charge in [-0.05, 0) is 6.07 Å². The van der Waals surface area contributed by atoms with Crippen molar-refractivity contribution in [3.05, 3.63) is 42.4 Å². The van der Waals surface area contributed by atoms with Gasteiger partial charge in [0.25, 0.3) is 0 Å². The Bertz CT molecular complexity index is 387. The van der Waals surface area contributed by atoms with Gasteiger partial charge in [0.15, 0.2) is 0 Å². The maximum Gasteiger partial charge on any atom is 0.111 e. The van der Waals surface area contributed by atoms with Crippen molar-refractivity contribution < 1.29 is 4.42 Å². The molecule has 0 fully saturated rings. The second-order valence-electron chi connectivity index (χ2n) is 3.70. The highest BCUT2D eigenvalue weighted by Crippen LogP contribution is 2.13. The quantitative estimate of drug-likeness (QED) is 0.745. The average molecular weight is 190 g/mol. The highest BCUT2D eigenvalue weighted by molar-refractivity contribution is 5.09. The van der Waals surface area contributed by atoms with Crippen molar-refractivity contribution in [1.82, 2.24) is 9.55 Å². The Morgan fingerprint density at radius 1 is 1.50 bits per heavy atom. The molecule has 0 saturated heterocycles. The van der Waals surface area contributed by atoms with Crippen molar-refractivity contribution in [3.63, 3.8) is 0 Å². The zero-order chi connectivity index (χ0) is 9.97. The van der Waals surface area contributed by atoms with Gasteiger partial charge in [-0.3, -0.25) is 0 Å². The van der Waals surface area contributed by atoms with Crippen molar-refractivity contribution in [1.29, 1.82) is 0 Å². The molecule has 0 radical (unpaired) electrons. The van der Waals surface area contributed by atoms with Gasteiger partial charge < -0.3 is 8.98 Å². The Morgan fingerprint density at radius 2 is 2.36 bits per heavy atom. The van der Waals surface area contributed by atoms with E-state index in [1.54, 1.807) is 12.5 Å². The number of imidazole rings is 1. The molecule has 0 N–H and O–H groups in total. The highest BCUT2D eigenvalue weighted by atomic mass is 16.3. The van der Waals surface area contributed by atoms with Crippen LogP contribution in [0.15, 0.2) is 35.4 Å². The third-order valence-electron chi connectivity index (χ3n) is 2.20. The predicted octanol–water partition coefficient (Wildman–Crippen LogP) is 2.65. The van der Waals surface area contributed by atoms with Crippen LogP contribution in [0.3, 0.4) is 0 Å². The monoisotopic (exact) mass is 190 g/mol. The minimum absolute atomic E-state index is 0.455. The summed E-state index contributed by atoms with van der Waals surface area (Å²) in [5.41, 5.74) is 1.17. The number of nitrogens with zero attached hydrogens (tertiary/aromatic N) is 2. The summed E-state index contributed by atoms with van der Waals surface area (Å²) in [7, 11) is 0. The number of aromatic nitrogens is 2. The van der Waals surface area contributed by atoms with Crippen molar-refractivity contribution in [2.24, 2.45) is 0 Å². The molecule has 2 rings (SSSR count). The molecule has 0 atom stereocenters. The Balaban J connectivity index is 2.21. The van der Waals surface area contributed by atoms with Crippen LogP contribution in [0.5, 0.6) is 0 Å². The Labute approximate surface area is 83.4 Å². The maximum absolute atomic E-state index is 5.03. The third-order valence-corrected chi connectivity index (χ3v) is 2.20. The van der Waals surface area contributed by atoms with Crippen LogP contribution in [-0.4, -0.2) is 9.55 Å². The van der Waals surface area contributed by atoms with E-state index in [2.05, 4.69) is 23.4 Å². The van der Waals surface area contributed by atoms with Crippen molar-refractivity contribution in [2.75, 3.05) is 0 Å². The zero-order valence-electron chi connectivity index (χ0n) is 8.47. The Kier molecular flexibility index (Phi) is 2.39. The average Bonchev–Trinajstić information content (AvgIpc) is 2.75. The van der Waals surface area contributed by atoms with Gasteiger partial charge in [0.2, 0.25) is 0 Å². The topological polar surface area (TPSA) is 31.0 Å². The second-order valence-corrected chi connectivity index (χ2v) is 3.70. The van der Waals surface area contributed by atoms with Crippen LogP contribution in [-0.2, 0) is 6.54 Å². The van der Waals surface area contributed by atoms with E-state index in [9.17, 15) is 0 Å². The molecule has 3 nitrogen and oxygen atoms in total. The first-order chi connectivity index (χ1) is 6.77. The lowest BCUT2D eigenvalue weighted by atomic mass is 10.2. The summed E-state index contributed by atoms with van der Waals surface area (Å²) in [5, 5.41) is 0. The van der Waals surface area contributed by atoms with Crippen LogP contribution >= 0.6 is 0 Å². The molecule has 2 aromatic rings. The molecule has 0 aliphatic carbocycles. The van der Waals surface area contributed by atoms with E-state index >= 15 is 0 Å². The fourth-order valence-corrected chi connectivity index (χ4v) is 1.53. The van der Waals surface area contributed by atoms with E-state index in [1.807, 2.05) is 18.5 Å². The first-order valence-corrected chi connectivity index (χ1v) is 4.79. The summed E-state index contributed by atoms with van der Waals surface area (Å²) >= 11 is 0. The molecule has 0 unspecified atom stereocenters. The van der Waals surface area contributed by atoms with Crippen LogP contribution in [0, 0.1) is 0 Å². The summed E-state index contributed by atoms with van der Waals surface area (Å²) in [6.45, 7) is 5.13. The Morgan fingerprint density at radius 3 is 3.00 bits per heavy atom. The van der Waals surface area contributed by atoms with Gasteiger partial charge in [-0.25, -0.2) is 4.98 Å². The van der Waals surface area contributed by atoms with Crippen LogP contribution in [0.4, 0.5) is 0 Å². The van der Waals surface area contributed by atoms with Gasteiger partial charge in [0.05, 0.1) is 19.1 Å². The lowest BCUT2D eigenvalue weighted by molar-refractivity contribution is 0.560. The van der Waals surface area contributed by atoms with Crippen LogP contribution in [0.1, 0.15) is 31.2 Å². The summed E-state index contributed by atoms with van der Waals surface area (Å²) in [6.07, 6.45) is 7.31. The summed E-state index contributed by atoms with van der Waals surface area (Å²) < 4.78 is 7.18. The largest absolute Gasteiger partial charge is 0.472 e. The van der Waals surface area contributed by atoms with E-state index in [0.717, 1.165) is 12.4 Å². The van der Waals surface area contributed by atoms with Gasteiger partial charge in [-0.2, -0.15) is 0 Å². The van der Waals surface area contributed by atoms with E-state index in [1.165, 1.54) is 5.56 Å². The molecule has 0 spiro atoms. The van der Waals surface area contributed by atoms with Crippen LogP contribution < -0.4 is 0 Å². The lowest BCUT2D eigenvalue weighted by Gasteiger charge is -2.08. The smallest absolute Gasteiger partial charge is 0.111 e. The molecule has 74 valence electrons. The highest BCUT2D eigenvalue weighted by Gasteiger charge is 2.07. The number of hydrogen-bond donors (Lipinski definition) is 0. The number of hydrogen-bond acceptors (Lipinski definition) is 2. The summed E-state index contributed by atoms with van der Waals surface area (Å²) in [4.78, 5) is 4.33. The SMILES string of the molecule is CC(C)c1nccn1Cc1ccoc1. The van der Waals surface area contributed by atoms with Gasteiger partial charge in [-0.15, -0.1) is 0 Å². The Hall–Kier alpha value is -1.51. The first-order valence-electron chi connectivity index (χ1n) is 4.79. The molecular weight excluding hydrogens is 176 g/mol. The summed E-state index contributed by atoms with van der Waals surface area (Å²) in [5.74, 6) is 1.57.